The van der Waals surface area contributed by atoms with Crippen molar-refractivity contribution in [2.45, 2.75) is 78.6 Å². The van der Waals surface area contributed by atoms with Crippen LogP contribution in [0.15, 0.2) is 0 Å². The van der Waals surface area contributed by atoms with Crippen molar-refractivity contribution in [3.8, 4) is 0 Å². The maximum Gasteiger partial charge on any atom is -0.000790 e. The van der Waals surface area contributed by atoms with Crippen LogP contribution in [0.1, 0.15) is 78.6 Å². The molecule has 1 unspecified atom stereocenters. The molecule has 206 valence electrons. The molecule has 0 rings (SSSR count). The van der Waals surface area contributed by atoms with Gasteiger partial charge in [-0.15, -0.1) is 0 Å². The molecule has 34 heavy (non-hydrogen) atoms. The molecule has 0 aliphatic rings. The second-order valence-electron chi connectivity index (χ2n) is 9.45. The van der Waals surface area contributed by atoms with Crippen molar-refractivity contribution in [3.05, 3.63) is 0 Å². The molecule has 0 radical (unpaired) electrons. The number of nitrogens with one attached hydrogen (secondary N) is 7. The number of rotatable bonds is 30. The predicted octanol–water partition coefficient (Wildman–Crippen LogP) is 2.30. The molecule has 0 aromatic carbocycles. The minimum atomic E-state index is 0.714. The summed E-state index contributed by atoms with van der Waals surface area (Å²) in [7, 11) is 0. The minimum Gasteiger partial charge on any atom is -0.317 e. The highest BCUT2D eigenvalue weighted by Crippen LogP contribution is 2.00. The van der Waals surface area contributed by atoms with Gasteiger partial charge in [-0.25, -0.2) is 0 Å². The van der Waals surface area contributed by atoms with Crippen LogP contribution in [-0.4, -0.2) is 91.6 Å². The number of unbranched alkanes of at least 4 members (excludes halogenated alkanes) is 4. The van der Waals surface area contributed by atoms with Crippen molar-refractivity contribution in [2.75, 3.05) is 91.6 Å². The zero-order valence-corrected chi connectivity index (χ0v) is 23.3. The zero-order valence-electron chi connectivity index (χ0n) is 23.3. The molecule has 7 heteroatoms. The predicted molar refractivity (Wildman–Crippen MR) is 152 cm³/mol. The Bertz CT molecular complexity index is 358. The van der Waals surface area contributed by atoms with Crippen LogP contribution in [0.2, 0.25) is 0 Å². The first-order valence-electron chi connectivity index (χ1n) is 14.8. The molecule has 0 saturated carbocycles. The van der Waals surface area contributed by atoms with Gasteiger partial charge in [-0.1, -0.05) is 20.8 Å². The Morgan fingerprint density at radius 1 is 0.353 bits per heavy atom. The van der Waals surface area contributed by atoms with Gasteiger partial charge in [0.15, 0.2) is 0 Å². The van der Waals surface area contributed by atoms with Gasteiger partial charge in [0.2, 0.25) is 0 Å². The van der Waals surface area contributed by atoms with Gasteiger partial charge in [0.25, 0.3) is 0 Å². The Morgan fingerprint density at radius 2 is 0.676 bits per heavy atom. The van der Waals surface area contributed by atoms with E-state index in [1.165, 1.54) is 57.8 Å². The summed E-state index contributed by atoms with van der Waals surface area (Å²) in [5.41, 5.74) is 0. The normalized spacial score (nSPS) is 12.4. The zero-order chi connectivity index (χ0) is 24.8. The Morgan fingerprint density at radius 3 is 1.09 bits per heavy atom. The molecular weight excluding hydrogens is 422 g/mol. The number of hydrogen-bond donors (Lipinski definition) is 7. The highest BCUT2D eigenvalue weighted by Gasteiger charge is 2.07. The second-order valence-corrected chi connectivity index (χ2v) is 9.45. The van der Waals surface area contributed by atoms with Crippen LogP contribution >= 0.6 is 0 Å². The smallest absolute Gasteiger partial charge is 0.000790 e. The van der Waals surface area contributed by atoms with Gasteiger partial charge in [0.05, 0.1) is 0 Å². The maximum atomic E-state index is 3.70. The van der Waals surface area contributed by atoms with Crippen LogP contribution in [0.3, 0.4) is 0 Å². The highest BCUT2D eigenvalue weighted by molar-refractivity contribution is 4.67. The lowest BCUT2D eigenvalue weighted by atomic mass is 10.1. The van der Waals surface area contributed by atoms with Crippen molar-refractivity contribution >= 4 is 0 Å². The van der Waals surface area contributed by atoms with Gasteiger partial charge in [-0.3, -0.25) is 0 Å². The van der Waals surface area contributed by atoms with Crippen LogP contribution in [0.4, 0.5) is 0 Å². The highest BCUT2D eigenvalue weighted by atomic mass is 14.9. The maximum absolute atomic E-state index is 3.70. The van der Waals surface area contributed by atoms with Gasteiger partial charge in [-0.05, 0) is 155 Å². The van der Waals surface area contributed by atoms with E-state index in [9.17, 15) is 0 Å². The summed E-state index contributed by atoms with van der Waals surface area (Å²) in [5, 5.41) is 24.8. The van der Waals surface area contributed by atoms with Gasteiger partial charge in [0, 0.05) is 0 Å². The molecule has 7 N–H and O–H groups in total. The van der Waals surface area contributed by atoms with Crippen molar-refractivity contribution in [2.24, 2.45) is 5.92 Å². The molecule has 0 aliphatic heterocycles. The van der Waals surface area contributed by atoms with Gasteiger partial charge < -0.3 is 37.2 Å². The molecule has 0 bridgehead atoms. The molecule has 0 amide bonds. The summed E-state index contributed by atoms with van der Waals surface area (Å²) < 4.78 is 0. The van der Waals surface area contributed by atoms with E-state index < -0.39 is 0 Å². The molecule has 0 aromatic rings. The summed E-state index contributed by atoms with van der Waals surface area (Å²) in [4.78, 5) is 0. The molecule has 0 aromatic heterocycles. The summed E-state index contributed by atoms with van der Waals surface area (Å²) in [6.45, 7) is 22.4. The first kappa shape index (κ1) is 33.7. The van der Waals surface area contributed by atoms with Crippen molar-refractivity contribution in [1.29, 1.82) is 0 Å². The van der Waals surface area contributed by atoms with E-state index in [-0.39, 0.29) is 0 Å². The van der Waals surface area contributed by atoms with Crippen molar-refractivity contribution < 1.29 is 0 Å². The van der Waals surface area contributed by atoms with Crippen LogP contribution in [0, 0.1) is 5.92 Å². The lowest BCUT2D eigenvalue weighted by Gasteiger charge is -2.18. The summed E-state index contributed by atoms with van der Waals surface area (Å²) in [6.07, 6.45) is 11.4. The second kappa shape index (κ2) is 30.8. The SMILES string of the molecule is CCNCCCCNCCCCNCCC(CNCC)CNCCCCNCCCCNCC. The molecule has 0 heterocycles. The van der Waals surface area contributed by atoms with Crippen LogP contribution in [-0.2, 0) is 0 Å². The fraction of sp³-hybridized carbons (Fsp3) is 1.00. The summed E-state index contributed by atoms with van der Waals surface area (Å²) in [5.74, 6) is 0.714. The first-order valence-corrected chi connectivity index (χ1v) is 14.8. The third kappa shape index (κ3) is 28.0. The Labute approximate surface area is 213 Å². The average molecular weight is 486 g/mol. The van der Waals surface area contributed by atoms with Crippen LogP contribution in [0.25, 0.3) is 0 Å². The van der Waals surface area contributed by atoms with Crippen LogP contribution < -0.4 is 37.2 Å². The van der Waals surface area contributed by atoms with E-state index in [1.807, 2.05) is 0 Å². The van der Waals surface area contributed by atoms with Gasteiger partial charge in [-0.2, -0.15) is 0 Å². The molecule has 7 nitrogen and oxygen atoms in total. The summed E-state index contributed by atoms with van der Waals surface area (Å²) >= 11 is 0. The molecule has 0 aliphatic carbocycles. The molecule has 0 saturated heterocycles. The van der Waals surface area contributed by atoms with Crippen molar-refractivity contribution in [1.82, 2.24) is 37.2 Å². The lowest BCUT2D eigenvalue weighted by molar-refractivity contribution is 0.406. The van der Waals surface area contributed by atoms with Crippen molar-refractivity contribution in [3.63, 3.8) is 0 Å². The van der Waals surface area contributed by atoms with E-state index in [2.05, 4.69) is 58.0 Å². The third-order valence-electron chi connectivity index (χ3n) is 6.17. The largest absolute Gasteiger partial charge is 0.317 e. The fourth-order valence-electron chi connectivity index (χ4n) is 3.97. The molecular formula is C27H63N7. The topological polar surface area (TPSA) is 84.2 Å². The number of hydrogen-bond acceptors (Lipinski definition) is 7. The average Bonchev–Trinajstić information content (AvgIpc) is 2.85. The van der Waals surface area contributed by atoms with E-state index in [0.717, 1.165) is 91.6 Å². The fourth-order valence-corrected chi connectivity index (χ4v) is 3.97. The molecule has 1 atom stereocenters. The standard InChI is InChI=1S/C27H63N7/c1-4-28-16-7-9-18-31-20-11-12-22-33-24-15-27(25-30-6-3)26-34-23-14-13-21-32-19-10-8-17-29-5-2/h27-34H,4-26H2,1-3H3. The van der Waals surface area contributed by atoms with Crippen LogP contribution in [0.5, 0.6) is 0 Å². The minimum absolute atomic E-state index is 0.714. The van der Waals surface area contributed by atoms with Gasteiger partial charge in [0.1, 0.15) is 0 Å². The van der Waals surface area contributed by atoms with E-state index >= 15 is 0 Å². The van der Waals surface area contributed by atoms with E-state index in [4.69, 9.17) is 0 Å². The Hall–Kier alpha value is -0.280. The monoisotopic (exact) mass is 486 g/mol. The Balaban J connectivity index is 3.48. The third-order valence-corrected chi connectivity index (χ3v) is 6.17. The van der Waals surface area contributed by atoms with E-state index in [1.54, 1.807) is 0 Å². The summed E-state index contributed by atoms with van der Waals surface area (Å²) in [6, 6.07) is 0. The lowest BCUT2D eigenvalue weighted by Crippen LogP contribution is -2.34. The quantitative estimate of drug-likeness (QED) is 0.0786. The molecule has 0 spiro atoms. The van der Waals surface area contributed by atoms with Gasteiger partial charge >= 0.3 is 0 Å². The van der Waals surface area contributed by atoms with E-state index in [0.29, 0.717) is 5.92 Å². The Kier molecular flexibility index (Phi) is 30.5. The first-order chi connectivity index (χ1) is 16.8. The molecule has 0 fully saturated rings.